The highest BCUT2D eigenvalue weighted by Gasteiger charge is 2.27. The molecular formula is C15H23N3. The summed E-state index contributed by atoms with van der Waals surface area (Å²) in [6.45, 7) is 13.5. The SMILES string of the molecule is CC(C)C(C)c1cc2nccnn2c1C(C)(C)C. The maximum atomic E-state index is 4.46. The average Bonchev–Trinajstić information content (AvgIpc) is 2.66. The van der Waals surface area contributed by atoms with Crippen LogP contribution in [0.5, 0.6) is 0 Å². The van der Waals surface area contributed by atoms with E-state index in [1.54, 1.807) is 12.4 Å². The second-order valence-corrected chi connectivity index (χ2v) is 6.44. The smallest absolute Gasteiger partial charge is 0.154 e. The topological polar surface area (TPSA) is 30.2 Å². The summed E-state index contributed by atoms with van der Waals surface area (Å²) in [6.07, 6.45) is 3.51. The summed E-state index contributed by atoms with van der Waals surface area (Å²) >= 11 is 0. The fourth-order valence-electron chi connectivity index (χ4n) is 2.38. The molecule has 2 aromatic rings. The minimum atomic E-state index is 0.0704. The van der Waals surface area contributed by atoms with E-state index in [9.17, 15) is 0 Å². The van der Waals surface area contributed by atoms with Gasteiger partial charge in [-0.15, -0.1) is 0 Å². The molecule has 2 aromatic heterocycles. The van der Waals surface area contributed by atoms with E-state index in [2.05, 4.69) is 57.7 Å². The van der Waals surface area contributed by atoms with Gasteiger partial charge in [-0.3, -0.25) is 0 Å². The molecule has 0 aliphatic rings. The highest BCUT2D eigenvalue weighted by molar-refractivity contribution is 5.49. The van der Waals surface area contributed by atoms with Crippen LogP contribution < -0.4 is 0 Å². The molecule has 0 saturated heterocycles. The third-order valence-electron chi connectivity index (χ3n) is 3.64. The van der Waals surface area contributed by atoms with E-state index in [0.29, 0.717) is 11.8 Å². The highest BCUT2D eigenvalue weighted by Crippen LogP contribution is 2.35. The van der Waals surface area contributed by atoms with Gasteiger partial charge in [-0.05, 0) is 23.5 Å². The van der Waals surface area contributed by atoms with Gasteiger partial charge in [-0.1, -0.05) is 41.5 Å². The van der Waals surface area contributed by atoms with Crippen LogP contribution in [0, 0.1) is 5.92 Å². The summed E-state index contributed by atoms with van der Waals surface area (Å²) in [5.41, 5.74) is 3.68. The van der Waals surface area contributed by atoms with Gasteiger partial charge in [-0.25, -0.2) is 9.50 Å². The minimum Gasteiger partial charge on any atom is -0.235 e. The summed E-state index contributed by atoms with van der Waals surface area (Å²) in [5, 5.41) is 4.46. The lowest BCUT2D eigenvalue weighted by atomic mass is 9.82. The van der Waals surface area contributed by atoms with Crippen LogP contribution >= 0.6 is 0 Å². The summed E-state index contributed by atoms with van der Waals surface area (Å²) in [5.74, 6) is 1.13. The van der Waals surface area contributed by atoms with Gasteiger partial charge in [0.1, 0.15) is 0 Å². The first-order valence-corrected chi connectivity index (χ1v) is 6.65. The molecule has 3 nitrogen and oxygen atoms in total. The number of rotatable bonds is 2. The van der Waals surface area contributed by atoms with Crippen molar-refractivity contribution in [3.8, 4) is 0 Å². The minimum absolute atomic E-state index is 0.0704. The third kappa shape index (κ3) is 2.14. The maximum Gasteiger partial charge on any atom is 0.154 e. The van der Waals surface area contributed by atoms with Crippen molar-refractivity contribution in [1.29, 1.82) is 0 Å². The van der Waals surface area contributed by atoms with Gasteiger partial charge in [0, 0.05) is 11.6 Å². The van der Waals surface area contributed by atoms with Gasteiger partial charge in [0.25, 0.3) is 0 Å². The normalized spacial score (nSPS) is 14.4. The first-order chi connectivity index (χ1) is 8.32. The Kier molecular flexibility index (Phi) is 3.18. The number of nitrogens with zero attached hydrogens (tertiary/aromatic N) is 3. The Hall–Kier alpha value is -1.38. The molecule has 1 atom stereocenters. The summed E-state index contributed by atoms with van der Waals surface area (Å²) in [7, 11) is 0. The molecule has 18 heavy (non-hydrogen) atoms. The Balaban J connectivity index is 2.72. The van der Waals surface area contributed by atoms with Crippen LogP contribution in [0.15, 0.2) is 18.5 Å². The van der Waals surface area contributed by atoms with Crippen molar-refractivity contribution >= 4 is 5.65 Å². The second-order valence-electron chi connectivity index (χ2n) is 6.44. The molecule has 0 radical (unpaired) electrons. The standard InChI is InChI=1S/C15H23N3/c1-10(2)11(3)12-9-13-16-7-8-17-18(13)14(12)15(4,5)6/h7-11H,1-6H3. The number of fused-ring (bicyclic) bond motifs is 1. The Morgan fingerprint density at radius 2 is 1.78 bits per heavy atom. The highest BCUT2D eigenvalue weighted by atomic mass is 15.3. The molecule has 0 fully saturated rings. The lowest BCUT2D eigenvalue weighted by Crippen LogP contribution is -2.19. The maximum absolute atomic E-state index is 4.46. The van der Waals surface area contributed by atoms with E-state index in [1.807, 2.05) is 4.52 Å². The van der Waals surface area contributed by atoms with E-state index >= 15 is 0 Å². The van der Waals surface area contributed by atoms with Gasteiger partial charge in [0.2, 0.25) is 0 Å². The van der Waals surface area contributed by atoms with Crippen molar-refractivity contribution in [1.82, 2.24) is 14.6 Å². The molecule has 0 aliphatic heterocycles. The van der Waals surface area contributed by atoms with Gasteiger partial charge in [0.05, 0.1) is 11.9 Å². The van der Waals surface area contributed by atoms with Crippen molar-refractivity contribution in [2.75, 3.05) is 0 Å². The zero-order chi connectivity index (χ0) is 13.5. The van der Waals surface area contributed by atoms with Crippen LogP contribution in [-0.2, 0) is 5.41 Å². The lowest BCUT2D eigenvalue weighted by molar-refractivity contribution is 0.495. The Morgan fingerprint density at radius 3 is 2.33 bits per heavy atom. The van der Waals surface area contributed by atoms with E-state index in [0.717, 1.165) is 5.65 Å². The summed E-state index contributed by atoms with van der Waals surface area (Å²) in [4.78, 5) is 4.42. The molecule has 98 valence electrons. The predicted octanol–water partition coefficient (Wildman–Crippen LogP) is 3.79. The van der Waals surface area contributed by atoms with E-state index in [1.165, 1.54) is 11.3 Å². The number of hydrogen-bond acceptors (Lipinski definition) is 2. The molecule has 0 aromatic carbocycles. The van der Waals surface area contributed by atoms with Crippen LogP contribution in [0.4, 0.5) is 0 Å². The average molecular weight is 245 g/mol. The van der Waals surface area contributed by atoms with E-state index in [-0.39, 0.29) is 5.41 Å². The van der Waals surface area contributed by atoms with Crippen LogP contribution in [-0.4, -0.2) is 14.6 Å². The molecule has 2 heterocycles. The van der Waals surface area contributed by atoms with Crippen LogP contribution in [0.2, 0.25) is 0 Å². The predicted molar refractivity (Wildman–Crippen MR) is 74.9 cm³/mol. The molecule has 0 aliphatic carbocycles. The monoisotopic (exact) mass is 245 g/mol. The Labute approximate surface area is 109 Å². The van der Waals surface area contributed by atoms with Crippen LogP contribution in [0.25, 0.3) is 5.65 Å². The number of hydrogen-bond donors (Lipinski definition) is 0. The van der Waals surface area contributed by atoms with Crippen molar-refractivity contribution < 1.29 is 0 Å². The fraction of sp³-hybridized carbons (Fsp3) is 0.600. The molecular weight excluding hydrogens is 222 g/mol. The molecule has 3 heteroatoms. The fourth-order valence-corrected chi connectivity index (χ4v) is 2.38. The molecule has 0 bridgehead atoms. The van der Waals surface area contributed by atoms with Crippen LogP contribution in [0.3, 0.4) is 0 Å². The zero-order valence-electron chi connectivity index (χ0n) is 12.2. The largest absolute Gasteiger partial charge is 0.235 e. The second kappa shape index (κ2) is 4.38. The summed E-state index contributed by atoms with van der Waals surface area (Å²) in [6, 6.07) is 2.19. The first kappa shape index (κ1) is 13.1. The third-order valence-corrected chi connectivity index (χ3v) is 3.64. The van der Waals surface area contributed by atoms with E-state index in [4.69, 9.17) is 0 Å². The van der Waals surface area contributed by atoms with Gasteiger partial charge >= 0.3 is 0 Å². The Bertz CT molecular complexity index is 546. The Morgan fingerprint density at radius 1 is 1.11 bits per heavy atom. The van der Waals surface area contributed by atoms with Crippen molar-refractivity contribution in [2.24, 2.45) is 5.92 Å². The summed E-state index contributed by atoms with van der Waals surface area (Å²) < 4.78 is 1.99. The van der Waals surface area contributed by atoms with Crippen molar-refractivity contribution in [3.63, 3.8) is 0 Å². The molecule has 1 unspecified atom stereocenters. The van der Waals surface area contributed by atoms with E-state index < -0.39 is 0 Å². The molecule has 0 N–H and O–H groups in total. The van der Waals surface area contributed by atoms with Gasteiger partial charge in [0.15, 0.2) is 5.65 Å². The lowest BCUT2D eigenvalue weighted by Gasteiger charge is -2.24. The van der Waals surface area contributed by atoms with Gasteiger partial charge < -0.3 is 0 Å². The number of aromatic nitrogens is 3. The quantitative estimate of drug-likeness (QED) is 0.806. The molecule has 2 rings (SSSR count). The first-order valence-electron chi connectivity index (χ1n) is 6.65. The van der Waals surface area contributed by atoms with Crippen molar-refractivity contribution in [2.45, 2.75) is 52.9 Å². The molecule has 0 spiro atoms. The van der Waals surface area contributed by atoms with Gasteiger partial charge in [-0.2, -0.15) is 5.10 Å². The molecule has 0 saturated carbocycles. The zero-order valence-corrected chi connectivity index (χ0v) is 12.2. The van der Waals surface area contributed by atoms with Crippen molar-refractivity contribution in [3.05, 3.63) is 29.7 Å². The molecule has 0 amide bonds. The van der Waals surface area contributed by atoms with Crippen LogP contribution in [0.1, 0.15) is 58.7 Å².